The second-order valence-corrected chi connectivity index (χ2v) is 5.51. The van der Waals surface area contributed by atoms with Gasteiger partial charge in [-0.2, -0.15) is 0 Å². The van der Waals surface area contributed by atoms with Gasteiger partial charge in [0.25, 0.3) is 5.91 Å². The van der Waals surface area contributed by atoms with Gasteiger partial charge in [0, 0.05) is 25.0 Å². The Labute approximate surface area is 123 Å². The summed E-state index contributed by atoms with van der Waals surface area (Å²) >= 11 is 0. The molecular weight excluding hydrogens is 270 g/mol. The number of hydrogen-bond acceptors (Lipinski definition) is 5. The van der Waals surface area contributed by atoms with Gasteiger partial charge in [-0.25, -0.2) is 0 Å². The van der Waals surface area contributed by atoms with Gasteiger partial charge in [0.15, 0.2) is 5.84 Å². The van der Waals surface area contributed by atoms with Crippen molar-refractivity contribution in [3.05, 3.63) is 29.6 Å². The largest absolute Gasteiger partial charge is 0.409 e. The van der Waals surface area contributed by atoms with Crippen LogP contribution in [0.4, 0.5) is 0 Å². The lowest BCUT2D eigenvalue weighted by atomic mass is 9.86. The summed E-state index contributed by atoms with van der Waals surface area (Å²) in [5, 5.41) is 15.1. The maximum absolute atomic E-state index is 12.4. The first kappa shape index (κ1) is 15.2. The minimum atomic E-state index is -0.802. The van der Waals surface area contributed by atoms with Crippen LogP contribution in [0.3, 0.4) is 0 Å². The van der Waals surface area contributed by atoms with Gasteiger partial charge in [-0.05, 0) is 38.9 Å². The molecule has 1 aromatic rings. The van der Waals surface area contributed by atoms with Crippen molar-refractivity contribution in [1.82, 2.24) is 15.2 Å². The number of rotatable bonds is 3. The Kier molecular flexibility index (Phi) is 4.42. The van der Waals surface area contributed by atoms with Crippen molar-refractivity contribution in [3.8, 4) is 0 Å². The number of amides is 1. The van der Waals surface area contributed by atoms with Crippen LogP contribution in [-0.2, 0) is 0 Å². The molecule has 114 valence electrons. The van der Waals surface area contributed by atoms with Gasteiger partial charge in [-0.1, -0.05) is 5.16 Å². The third-order valence-electron chi connectivity index (χ3n) is 3.97. The Balaban J connectivity index is 2.19. The van der Waals surface area contributed by atoms with Crippen molar-refractivity contribution in [2.24, 2.45) is 10.9 Å². The molecule has 0 aromatic carbocycles. The van der Waals surface area contributed by atoms with E-state index >= 15 is 0 Å². The zero-order valence-corrected chi connectivity index (χ0v) is 12.3. The predicted octanol–water partition coefficient (Wildman–Crippen LogP) is 0.331. The maximum atomic E-state index is 12.4. The van der Waals surface area contributed by atoms with Gasteiger partial charge >= 0.3 is 0 Å². The molecule has 7 nitrogen and oxygen atoms in total. The predicted molar refractivity (Wildman–Crippen MR) is 79.3 cm³/mol. The van der Waals surface area contributed by atoms with Crippen LogP contribution in [0.5, 0.6) is 0 Å². The van der Waals surface area contributed by atoms with E-state index in [-0.39, 0.29) is 11.7 Å². The summed E-state index contributed by atoms with van der Waals surface area (Å²) < 4.78 is 0. The molecule has 21 heavy (non-hydrogen) atoms. The first-order chi connectivity index (χ1) is 9.97. The first-order valence-corrected chi connectivity index (χ1v) is 6.88. The van der Waals surface area contributed by atoms with Gasteiger partial charge < -0.3 is 21.2 Å². The number of amidine groups is 1. The number of hydrogen-bond donors (Lipinski definition) is 3. The summed E-state index contributed by atoms with van der Waals surface area (Å²) in [6, 6.07) is 3.49. The molecular formula is C14H21N5O2. The minimum absolute atomic E-state index is 0.0454. The van der Waals surface area contributed by atoms with Crippen LogP contribution in [0.2, 0.25) is 0 Å². The number of oxime groups is 1. The molecule has 0 spiro atoms. The van der Waals surface area contributed by atoms with Gasteiger partial charge in [-0.15, -0.1) is 0 Å². The topological polar surface area (TPSA) is 104 Å². The molecule has 4 N–H and O–H groups in total. The highest BCUT2D eigenvalue weighted by atomic mass is 16.4. The Morgan fingerprint density at radius 3 is 2.67 bits per heavy atom. The van der Waals surface area contributed by atoms with E-state index < -0.39 is 5.54 Å². The van der Waals surface area contributed by atoms with E-state index in [9.17, 15) is 4.79 Å². The summed E-state index contributed by atoms with van der Waals surface area (Å²) in [6.07, 6.45) is 2.73. The van der Waals surface area contributed by atoms with E-state index in [2.05, 4.69) is 20.4 Å². The highest BCUT2D eigenvalue weighted by Crippen LogP contribution is 2.22. The monoisotopic (exact) mass is 291 g/mol. The highest BCUT2D eigenvalue weighted by molar-refractivity contribution is 6.00. The molecule has 0 saturated carbocycles. The standard InChI is InChI=1S/C14H21N5O2/c1-10-3-4-11(9-16-10)12(20)17-14(13(15)18-21)5-7-19(2)8-6-14/h3-4,9,21H,5-8H2,1-2H3,(H2,15,18)(H,17,20). The summed E-state index contributed by atoms with van der Waals surface area (Å²) in [4.78, 5) is 18.6. The number of aromatic nitrogens is 1. The average Bonchev–Trinajstić information content (AvgIpc) is 2.49. The number of nitrogens with zero attached hydrogens (tertiary/aromatic N) is 3. The second-order valence-electron chi connectivity index (χ2n) is 5.51. The fourth-order valence-electron chi connectivity index (χ4n) is 2.43. The molecule has 7 heteroatoms. The molecule has 1 saturated heterocycles. The number of carbonyl (C=O) groups is 1. The second kappa shape index (κ2) is 6.09. The van der Waals surface area contributed by atoms with E-state index in [0.29, 0.717) is 18.4 Å². The number of nitrogens with one attached hydrogen (secondary N) is 1. The summed E-state index contributed by atoms with van der Waals surface area (Å²) in [6.45, 7) is 3.39. The smallest absolute Gasteiger partial charge is 0.253 e. The van der Waals surface area contributed by atoms with Crippen LogP contribution in [0.15, 0.2) is 23.5 Å². The molecule has 0 radical (unpaired) electrons. The zero-order valence-electron chi connectivity index (χ0n) is 12.3. The van der Waals surface area contributed by atoms with Crippen molar-refractivity contribution >= 4 is 11.7 Å². The molecule has 2 heterocycles. The van der Waals surface area contributed by atoms with Crippen LogP contribution in [0, 0.1) is 6.92 Å². The fourth-order valence-corrected chi connectivity index (χ4v) is 2.43. The number of pyridine rings is 1. The van der Waals surface area contributed by atoms with Crippen molar-refractivity contribution in [3.63, 3.8) is 0 Å². The van der Waals surface area contributed by atoms with Crippen LogP contribution in [-0.4, -0.2) is 52.5 Å². The molecule has 2 rings (SSSR count). The van der Waals surface area contributed by atoms with E-state index in [4.69, 9.17) is 10.9 Å². The van der Waals surface area contributed by atoms with Crippen molar-refractivity contribution in [2.75, 3.05) is 20.1 Å². The van der Waals surface area contributed by atoms with E-state index in [1.807, 2.05) is 14.0 Å². The fraction of sp³-hybridized carbons (Fsp3) is 0.500. The molecule has 1 aliphatic rings. The Morgan fingerprint density at radius 1 is 1.48 bits per heavy atom. The molecule has 0 unspecified atom stereocenters. The number of piperidine rings is 1. The number of likely N-dealkylation sites (tertiary alicyclic amines) is 1. The molecule has 1 aromatic heterocycles. The Hall–Kier alpha value is -2.15. The van der Waals surface area contributed by atoms with Crippen molar-refractivity contribution < 1.29 is 10.0 Å². The van der Waals surface area contributed by atoms with Gasteiger partial charge in [0.1, 0.15) is 5.54 Å². The molecule has 1 fully saturated rings. The molecule has 1 amide bonds. The molecule has 1 aliphatic heterocycles. The van der Waals surface area contributed by atoms with Gasteiger partial charge in [0.05, 0.1) is 5.56 Å². The highest BCUT2D eigenvalue weighted by Gasteiger charge is 2.39. The first-order valence-electron chi connectivity index (χ1n) is 6.88. The zero-order chi connectivity index (χ0) is 15.5. The van der Waals surface area contributed by atoms with Gasteiger partial charge in [-0.3, -0.25) is 9.78 Å². The van der Waals surface area contributed by atoms with E-state index in [1.54, 1.807) is 12.1 Å². The molecule has 0 aliphatic carbocycles. The minimum Gasteiger partial charge on any atom is -0.409 e. The van der Waals surface area contributed by atoms with Crippen LogP contribution in [0.25, 0.3) is 0 Å². The van der Waals surface area contributed by atoms with Crippen LogP contribution >= 0.6 is 0 Å². The average molecular weight is 291 g/mol. The molecule has 0 atom stereocenters. The third kappa shape index (κ3) is 3.30. The number of nitrogens with two attached hydrogens (primary N) is 1. The summed E-state index contributed by atoms with van der Waals surface area (Å²) in [7, 11) is 2.00. The lowest BCUT2D eigenvalue weighted by Crippen LogP contribution is -2.62. The lowest BCUT2D eigenvalue weighted by molar-refractivity contribution is 0.0886. The van der Waals surface area contributed by atoms with E-state index in [1.165, 1.54) is 6.20 Å². The van der Waals surface area contributed by atoms with Crippen LogP contribution < -0.4 is 11.1 Å². The van der Waals surface area contributed by atoms with Crippen molar-refractivity contribution in [1.29, 1.82) is 0 Å². The summed E-state index contributed by atoms with van der Waals surface area (Å²) in [5.41, 5.74) is 6.33. The summed E-state index contributed by atoms with van der Waals surface area (Å²) in [5.74, 6) is -0.220. The normalized spacial score (nSPS) is 19.2. The SMILES string of the molecule is Cc1ccc(C(=O)NC2(/C(N)=N/O)CCN(C)CC2)cn1. The quantitative estimate of drug-likeness (QED) is 0.322. The number of carbonyl (C=O) groups excluding carboxylic acids is 1. The van der Waals surface area contributed by atoms with E-state index in [0.717, 1.165) is 18.8 Å². The molecule has 0 bridgehead atoms. The Bertz CT molecular complexity index is 533. The third-order valence-corrected chi connectivity index (χ3v) is 3.97. The van der Waals surface area contributed by atoms with Crippen LogP contribution in [0.1, 0.15) is 28.9 Å². The van der Waals surface area contributed by atoms with Crippen molar-refractivity contribution in [2.45, 2.75) is 25.3 Å². The maximum Gasteiger partial charge on any atom is 0.253 e. The number of aryl methyl sites for hydroxylation is 1. The van der Waals surface area contributed by atoms with Gasteiger partial charge in [0.2, 0.25) is 0 Å². The Morgan fingerprint density at radius 2 is 2.14 bits per heavy atom. The lowest BCUT2D eigenvalue weighted by Gasteiger charge is -2.40.